The van der Waals surface area contributed by atoms with Crippen LogP contribution in [0.15, 0.2) is 36.8 Å². The van der Waals surface area contributed by atoms with Crippen LogP contribution in [0.2, 0.25) is 0 Å². The van der Waals surface area contributed by atoms with Gasteiger partial charge in [-0.1, -0.05) is 0 Å². The van der Waals surface area contributed by atoms with Gasteiger partial charge >= 0.3 is 5.69 Å². The molecule has 0 saturated carbocycles. The van der Waals surface area contributed by atoms with Crippen LogP contribution >= 0.6 is 0 Å². The molecule has 0 spiro atoms. The maximum atomic E-state index is 11.0. The van der Waals surface area contributed by atoms with Gasteiger partial charge in [0.05, 0.1) is 4.92 Å². The van der Waals surface area contributed by atoms with E-state index in [1.807, 2.05) is 12.1 Å². The van der Waals surface area contributed by atoms with Crippen molar-refractivity contribution in [3.63, 3.8) is 0 Å². The highest BCUT2D eigenvalue weighted by molar-refractivity contribution is 5.59. The zero-order valence-electron chi connectivity index (χ0n) is 9.83. The van der Waals surface area contributed by atoms with E-state index in [0.29, 0.717) is 12.1 Å². The third-order valence-electron chi connectivity index (χ3n) is 2.52. The quantitative estimate of drug-likeness (QED) is 0.659. The molecule has 0 aliphatic rings. The molecular weight excluding hydrogens is 232 g/mol. The van der Waals surface area contributed by atoms with Crippen molar-refractivity contribution >= 4 is 11.5 Å². The Morgan fingerprint density at radius 3 is 2.67 bits per heavy atom. The topological polar surface area (TPSA) is 81.0 Å². The van der Waals surface area contributed by atoms with E-state index >= 15 is 0 Å². The molecule has 0 atom stereocenters. The molecule has 2 aromatic rings. The highest BCUT2D eigenvalue weighted by Crippen LogP contribution is 2.25. The zero-order valence-corrected chi connectivity index (χ0v) is 9.83. The molecule has 0 amide bonds. The normalized spacial score (nSPS) is 10.1. The first-order chi connectivity index (χ1) is 8.68. The van der Waals surface area contributed by atoms with Crippen LogP contribution in [0.5, 0.6) is 0 Å². The van der Waals surface area contributed by atoms with Crippen LogP contribution in [0, 0.1) is 17.0 Å². The fourth-order valence-electron chi connectivity index (χ4n) is 1.60. The molecule has 0 fully saturated rings. The highest BCUT2D eigenvalue weighted by atomic mass is 16.6. The average molecular weight is 244 g/mol. The van der Waals surface area contributed by atoms with Crippen LogP contribution in [0.4, 0.5) is 11.5 Å². The Labute approximate surface area is 104 Å². The summed E-state index contributed by atoms with van der Waals surface area (Å²) in [6, 6.07) is 5.30. The molecule has 2 rings (SSSR count). The van der Waals surface area contributed by atoms with Gasteiger partial charge in [0.2, 0.25) is 5.82 Å². The summed E-state index contributed by atoms with van der Waals surface area (Å²) in [6.45, 7) is 2.16. The number of aryl methyl sites for hydroxylation is 1. The number of pyridine rings is 2. The predicted molar refractivity (Wildman–Crippen MR) is 67.2 cm³/mol. The molecule has 92 valence electrons. The van der Waals surface area contributed by atoms with Crippen LogP contribution in [-0.4, -0.2) is 14.9 Å². The second-order valence-corrected chi connectivity index (χ2v) is 3.79. The summed E-state index contributed by atoms with van der Waals surface area (Å²) in [4.78, 5) is 18.5. The van der Waals surface area contributed by atoms with Gasteiger partial charge in [0.25, 0.3) is 0 Å². The first-order valence-corrected chi connectivity index (χ1v) is 5.41. The van der Waals surface area contributed by atoms with Crippen molar-refractivity contribution in [1.82, 2.24) is 9.97 Å². The first-order valence-electron chi connectivity index (χ1n) is 5.41. The zero-order chi connectivity index (χ0) is 13.0. The van der Waals surface area contributed by atoms with Crippen molar-refractivity contribution in [2.24, 2.45) is 0 Å². The first kappa shape index (κ1) is 12.0. The Hall–Kier alpha value is -2.50. The van der Waals surface area contributed by atoms with E-state index in [9.17, 15) is 10.1 Å². The number of rotatable bonds is 4. The maximum Gasteiger partial charge on any atom is 0.314 e. The maximum absolute atomic E-state index is 11.0. The predicted octanol–water partition coefficient (Wildman–Crippen LogP) is 2.31. The van der Waals surface area contributed by atoms with Crippen LogP contribution in [0.3, 0.4) is 0 Å². The van der Waals surface area contributed by atoms with E-state index in [0.717, 1.165) is 5.56 Å². The van der Waals surface area contributed by atoms with Crippen molar-refractivity contribution < 1.29 is 4.92 Å². The van der Waals surface area contributed by atoms with Crippen LogP contribution in [0.25, 0.3) is 0 Å². The number of aromatic nitrogens is 2. The Bertz CT molecular complexity index is 557. The summed E-state index contributed by atoms with van der Waals surface area (Å²) in [6.07, 6.45) is 4.90. The number of nitro groups is 1. The van der Waals surface area contributed by atoms with Gasteiger partial charge in [0.1, 0.15) is 0 Å². The van der Waals surface area contributed by atoms with Crippen molar-refractivity contribution in [1.29, 1.82) is 0 Å². The Morgan fingerprint density at radius 1 is 1.28 bits per heavy atom. The SMILES string of the molecule is Cc1ccnc(NCc2ccncc2)c1[N+](=O)[O-]. The standard InChI is InChI=1S/C12H12N4O2/c1-9-2-7-14-12(11(9)16(17)18)15-8-10-3-5-13-6-4-10/h2-7H,8H2,1H3,(H,14,15). The van der Waals surface area contributed by atoms with Gasteiger partial charge in [-0.15, -0.1) is 0 Å². The fraction of sp³-hybridized carbons (Fsp3) is 0.167. The Kier molecular flexibility index (Phi) is 3.47. The van der Waals surface area contributed by atoms with Crippen molar-refractivity contribution in [3.05, 3.63) is 58.0 Å². The third kappa shape index (κ3) is 2.60. The molecule has 1 N–H and O–H groups in total. The van der Waals surface area contributed by atoms with E-state index in [2.05, 4.69) is 15.3 Å². The van der Waals surface area contributed by atoms with Gasteiger partial charge in [0.15, 0.2) is 0 Å². The largest absolute Gasteiger partial charge is 0.360 e. The van der Waals surface area contributed by atoms with E-state index < -0.39 is 4.92 Å². The highest BCUT2D eigenvalue weighted by Gasteiger charge is 2.17. The summed E-state index contributed by atoms with van der Waals surface area (Å²) in [5.74, 6) is 0.289. The molecule has 0 aliphatic carbocycles. The van der Waals surface area contributed by atoms with Crippen molar-refractivity contribution in [2.75, 3.05) is 5.32 Å². The molecule has 0 radical (unpaired) electrons. The average Bonchev–Trinajstić information content (AvgIpc) is 2.37. The molecule has 0 bridgehead atoms. The van der Waals surface area contributed by atoms with Crippen LogP contribution in [-0.2, 0) is 6.54 Å². The molecule has 2 heterocycles. The summed E-state index contributed by atoms with van der Waals surface area (Å²) in [5.41, 5.74) is 1.60. The number of nitrogens with zero attached hydrogens (tertiary/aromatic N) is 3. The molecule has 2 aromatic heterocycles. The third-order valence-corrected chi connectivity index (χ3v) is 2.52. The monoisotopic (exact) mass is 244 g/mol. The lowest BCUT2D eigenvalue weighted by atomic mass is 10.2. The lowest BCUT2D eigenvalue weighted by molar-refractivity contribution is -0.384. The van der Waals surface area contributed by atoms with Crippen LogP contribution < -0.4 is 5.32 Å². The molecule has 0 saturated heterocycles. The molecule has 0 aromatic carbocycles. The van der Waals surface area contributed by atoms with E-state index in [4.69, 9.17) is 0 Å². The van der Waals surface area contributed by atoms with Gasteiger partial charge in [-0.05, 0) is 30.7 Å². The summed E-state index contributed by atoms with van der Waals surface area (Å²) >= 11 is 0. The van der Waals surface area contributed by atoms with Gasteiger partial charge in [-0.3, -0.25) is 15.1 Å². The number of anilines is 1. The van der Waals surface area contributed by atoms with E-state index in [1.165, 1.54) is 0 Å². The van der Waals surface area contributed by atoms with Gasteiger partial charge in [-0.2, -0.15) is 0 Å². The van der Waals surface area contributed by atoms with E-state index in [1.54, 1.807) is 31.6 Å². The molecule has 0 unspecified atom stereocenters. The molecule has 6 nitrogen and oxygen atoms in total. The number of hydrogen-bond donors (Lipinski definition) is 1. The van der Waals surface area contributed by atoms with Gasteiger partial charge in [-0.25, -0.2) is 4.98 Å². The van der Waals surface area contributed by atoms with Crippen molar-refractivity contribution in [2.45, 2.75) is 13.5 Å². The molecular formula is C12H12N4O2. The second-order valence-electron chi connectivity index (χ2n) is 3.79. The smallest absolute Gasteiger partial charge is 0.314 e. The fourth-order valence-corrected chi connectivity index (χ4v) is 1.60. The minimum absolute atomic E-state index is 0.0200. The molecule has 0 aliphatic heterocycles. The van der Waals surface area contributed by atoms with Crippen molar-refractivity contribution in [3.8, 4) is 0 Å². The Morgan fingerprint density at radius 2 is 2.00 bits per heavy atom. The molecule has 6 heteroatoms. The number of nitrogens with one attached hydrogen (secondary N) is 1. The van der Waals surface area contributed by atoms with Gasteiger partial charge < -0.3 is 5.32 Å². The summed E-state index contributed by atoms with van der Waals surface area (Å²) in [5, 5.41) is 13.9. The summed E-state index contributed by atoms with van der Waals surface area (Å²) in [7, 11) is 0. The lowest BCUT2D eigenvalue weighted by Crippen LogP contribution is -2.05. The number of hydrogen-bond acceptors (Lipinski definition) is 5. The second kappa shape index (κ2) is 5.22. The van der Waals surface area contributed by atoms with Gasteiger partial charge in [0, 0.05) is 30.7 Å². The molecule has 18 heavy (non-hydrogen) atoms. The Balaban J connectivity index is 2.20. The van der Waals surface area contributed by atoms with Crippen LogP contribution in [0.1, 0.15) is 11.1 Å². The van der Waals surface area contributed by atoms with E-state index in [-0.39, 0.29) is 11.5 Å². The minimum Gasteiger partial charge on any atom is -0.360 e. The summed E-state index contributed by atoms with van der Waals surface area (Å²) < 4.78 is 0. The minimum atomic E-state index is -0.419. The lowest BCUT2D eigenvalue weighted by Gasteiger charge is -2.07.